The molecule has 1 aromatic heterocycles. The van der Waals surface area contributed by atoms with Gasteiger partial charge in [-0.15, -0.1) is 0 Å². The van der Waals surface area contributed by atoms with Crippen LogP contribution >= 0.6 is 0 Å². The van der Waals surface area contributed by atoms with Gasteiger partial charge < -0.3 is 9.80 Å². The van der Waals surface area contributed by atoms with Crippen molar-refractivity contribution >= 4 is 28.4 Å². The Bertz CT molecular complexity index is 2610. The minimum absolute atomic E-state index is 0.150. The zero-order chi connectivity index (χ0) is 36.9. The molecule has 1 aliphatic carbocycles. The minimum Gasteiger partial charge on any atom is -0.341 e. The smallest absolute Gasteiger partial charge is 0.0730 e. The number of hydrogen-bond donors (Lipinski definition) is 0. The number of rotatable bonds is 7. The van der Waals surface area contributed by atoms with Crippen LogP contribution in [0.15, 0.2) is 188 Å². The van der Waals surface area contributed by atoms with E-state index in [0.29, 0.717) is 0 Å². The van der Waals surface area contributed by atoms with Crippen molar-refractivity contribution in [3.8, 4) is 44.8 Å². The Morgan fingerprint density at radius 3 is 1.76 bits per heavy atom. The second-order valence-corrected chi connectivity index (χ2v) is 15.1. The van der Waals surface area contributed by atoms with Gasteiger partial charge in [-0.2, -0.15) is 0 Å². The van der Waals surface area contributed by atoms with E-state index in [0.717, 1.165) is 52.5 Å². The van der Waals surface area contributed by atoms with Crippen LogP contribution in [-0.2, 0) is 11.8 Å². The Kier molecular flexibility index (Phi) is 7.96. The van der Waals surface area contributed by atoms with Gasteiger partial charge in [-0.3, -0.25) is 0 Å². The second kappa shape index (κ2) is 13.3. The summed E-state index contributed by atoms with van der Waals surface area (Å²) in [4.78, 5) is 10.2. The summed E-state index contributed by atoms with van der Waals surface area (Å²) in [6.07, 6.45) is 0.964. The summed E-state index contributed by atoms with van der Waals surface area (Å²) in [5.41, 5.74) is 19.0. The normalized spacial score (nSPS) is 13.6. The van der Waals surface area contributed by atoms with Crippen molar-refractivity contribution < 1.29 is 0 Å². The Morgan fingerprint density at radius 1 is 0.509 bits per heavy atom. The SMILES string of the molecule is CC1(C)c2ccccc2-c2c1ccc(N(c1ccccc1)c1cc(-c3ccccc3)nc(-c3ccccc3)c1)c2-c1cccc2c1CCN2c1ccccc1. The summed E-state index contributed by atoms with van der Waals surface area (Å²) in [6.45, 7) is 5.70. The summed E-state index contributed by atoms with van der Waals surface area (Å²) in [5, 5.41) is 0. The molecule has 0 fully saturated rings. The third kappa shape index (κ3) is 5.54. The van der Waals surface area contributed by atoms with Crippen LogP contribution in [0.4, 0.5) is 28.4 Å². The van der Waals surface area contributed by atoms with E-state index >= 15 is 0 Å². The Balaban J connectivity index is 1.29. The maximum Gasteiger partial charge on any atom is 0.0730 e. The van der Waals surface area contributed by atoms with Crippen LogP contribution in [0.25, 0.3) is 44.8 Å². The lowest BCUT2D eigenvalue weighted by Crippen LogP contribution is -2.16. The highest BCUT2D eigenvalue weighted by atomic mass is 15.2. The number of hydrogen-bond acceptors (Lipinski definition) is 3. The first-order valence-electron chi connectivity index (χ1n) is 19.3. The van der Waals surface area contributed by atoms with E-state index in [4.69, 9.17) is 4.98 Å². The van der Waals surface area contributed by atoms with Gasteiger partial charge in [-0.25, -0.2) is 4.98 Å². The summed E-state index contributed by atoms with van der Waals surface area (Å²) in [6, 6.07) is 68.0. The molecule has 10 rings (SSSR count). The van der Waals surface area contributed by atoms with E-state index in [1.54, 1.807) is 0 Å². The summed E-state index contributed by atoms with van der Waals surface area (Å²) >= 11 is 0. The number of anilines is 5. The first-order chi connectivity index (χ1) is 27.1. The predicted octanol–water partition coefficient (Wildman–Crippen LogP) is 13.6. The molecule has 0 saturated heterocycles. The van der Waals surface area contributed by atoms with Gasteiger partial charge in [0.05, 0.1) is 22.8 Å². The second-order valence-electron chi connectivity index (χ2n) is 15.1. The molecule has 0 atom stereocenters. The molecule has 8 aromatic rings. The molecule has 0 saturated carbocycles. The number of fused-ring (bicyclic) bond motifs is 4. The summed E-state index contributed by atoms with van der Waals surface area (Å²) < 4.78 is 0. The Labute approximate surface area is 323 Å². The lowest BCUT2D eigenvalue weighted by atomic mass is 9.81. The first kappa shape index (κ1) is 32.9. The molecule has 0 spiro atoms. The van der Waals surface area contributed by atoms with Crippen molar-refractivity contribution in [3.05, 3.63) is 205 Å². The van der Waals surface area contributed by atoms with Gasteiger partial charge in [-0.05, 0) is 88.3 Å². The van der Waals surface area contributed by atoms with Crippen molar-refractivity contribution in [3.63, 3.8) is 0 Å². The molecule has 0 radical (unpaired) electrons. The van der Waals surface area contributed by atoms with E-state index in [1.807, 2.05) is 0 Å². The molecule has 0 unspecified atom stereocenters. The van der Waals surface area contributed by atoms with E-state index in [9.17, 15) is 0 Å². The van der Waals surface area contributed by atoms with Gasteiger partial charge in [0.2, 0.25) is 0 Å². The largest absolute Gasteiger partial charge is 0.341 e. The molecule has 0 bridgehead atoms. The van der Waals surface area contributed by atoms with E-state index in [-0.39, 0.29) is 5.41 Å². The molecule has 0 N–H and O–H groups in total. The minimum atomic E-state index is -0.150. The number of nitrogens with zero attached hydrogens (tertiary/aromatic N) is 3. The molecule has 264 valence electrons. The molecule has 1 aliphatic heterocycles. The molecule has 3 nitrogen and oxygen atoms in total. The number of benzene rings is 7. The Morgan fingerprint density at radius 2 is 1.09 bits per heavy atom. The van der Waals surface area contributed by atoms with Crippen LogP contribution in [-0.4, -0.2) is 11.5 Å². The monoisotopic (exact) mass is 707 g/mol. The van der Waals surface area contributed by atoms with Crippen LogP contribution in [0.5, 0.6) is 0 Å². The van der Waals surface area contributed by atoms with E-state index < -0.39 is 0 Å². The maximum atomic E-state index is 5.28. The van der Waals surface area contributed by atoms with Gasteiger partial charge in [0.1, 0.15) is 0 Å². The topological polar surface area (TPSA) is 19.4 Å². The van der Waals surface area contributed by atoms with Gasteiger partial charge in [0, 0.05) is 45.7 Å². The maximum absolute atomic E-state index is 5.28. The van der Waals surface area contributed by atoms with Gasteiger partial charge in [-0.1, -0.05) is 153 Å². The van der Waals surface area contributed by atoms with Crippen molar-refractivity contribution in [1.29, 1.82) is 0 Å². The van der Waals surface area contributed by atoms with Gasteiger partial charge >= 0.3 is 0 Å². The van der Waals surface area contributed by atoms with Crippen molar-refractivity contribution in [2.75, 3.05) is 16.3 Å². The number of aromatic nitrogens is 1. The molecular formula is C52H41N3. The van der Waals surface area contributed by atoms with Crippen molar-refractivity contribution in [1.82, 2.24) is 4.98 Å². The number of pyridine rings is 1. The van der Waals surface area contributed by atoms with Gasteiger partial charge in [0.15, 0.2) is 0 Å². The quantitative estimate of drug-likeness (QED) is 0.164. The average Bonchev–Trinajstić information content (AvgIpc) is 3.79. The Hall–Kier alpha value is -6.71. The number of para-hydroxylation sites is 2. The molecule has 3 heteroatoms. The molecule has 0 amide bonds. The first-order valence-corrected chi connectivity index (χ1v) is 19.3. The molecule has 7 aromatic carbocycles. The van der Waals surface area contributed by atoms with E-state index in [1.165, 1.54) is 50.3 Å². The fraction of sp³-hybridized carbons (Fsp3) is 0.0962. The fourth-order valence-corrected chi connectivity index (χ4v) is 8.95. The molecule has 2 aliphatic rings. The summed E-state index contributed by atoms with van der Waals surface area (Å²) in [5.74, 6) is 0. The highest BCUT2D eigenvalue weighted by molar-refractivity contribution is 6.03. The highest BCUT2D eigenvalue weighted by Crippen LogP contribution is 2.57. The van der Waals surface area contributed by atoms with Crippen LogP contribution in [0.1, 0.15) is 30.5 Å². The van der Waals surface area contributed by atoms with E-state index in [2.05, 4.69) is 212 Å². The molecule has 55 heavy (non-hydrogen) atoms. The van der Waals surface area contributed by atoms with Crippen LogP contribution in [0, 0.1) is 0 Å². The van der Waals surface area contributed by atoms with Gasteiger partial charge in [0.25, 0.3) is 0 Å². The highest BCUT2D eigenvalue weighted by Gasteiger charge is 2.39. The summed E-state index contributed by atoms with van der Waals surface area (Å²) in [7, 11) is 0. The lowest BCUT2D eigenvalue weighted by molar-refractivity contribution is 0.660. The fourth-order valence-electron chi connectivity index (χ4n) is 8.95. The zero-order valence-corrected chi connectivity index (χ0v) is 31.2. The molecule has 2 heterocycles. The van der Waals surface area contributed by atoms with Crippen LogP contribution < -0.4 is 9.80 Å². The van der Waals surface area contributed by atoms with Crippen molar-refractivity contribution in [2.45, 2.75) is 25.7 Å². The average molecular weight is 708 g/mol. The predicted molar refractivity (Wildman–Crippen MR) is 230 cm³/mol. The third-order valence-corrected chi connectivity index (χ3v) is 11.6. The lowest BCUT2D eigenvalue weighted by Gasteiger charge is -2.31. The third-order valence-electron chi connectivity index (χ3n) is 11.6. The van der Waals surface area contributed by atoms with Crippen LogP contribution in [0.2, 0.25) is 0 Å². The van der Waals surface area contributed by atoms with Crippen molar-refractivity contribution in [2.24, 2.45) is 0 Å². The zero-order valence-electron chi connectivity index (χ0n) is 31.2. The molecular weight excluding hydrogens is 667 g/mol. The standard InChI is InChI=1S/C52H41N3/c1-52(2)44-28-16-15-26-43(44)50-45(52)30-31-49(51(50)42-27-17-29-48-41(42)32-33-54(48)38-22-11-5-12-23-38)55(39-24-13-6-14-25-39)40-34-46(36-18-7-3-8-19-36)53-47(35-40)37-20-9-4-10-21-37/h3-31,34-35H,32-33H2,1-2H3. The van der Waals surface area contributed by atoms with Crippen LogP contribution in [0.3, 0.4) is 0 Å².